The maximum absolute atomic E-state index is 5.67. The Morgan fingerprint density at radius 3 is 2.58 bits per heavy atom. The minimum atomic E-state index is -0.384. The van der Waals surface area contributed by atoms with Crippen molar-refractivity contribution in [1.82, 2.24) is 0 Å². The van der Waals surface area contributed by atoms with Crippen molar-refractivity contribution < 1.29 is 9.78 Å². The predicted octanol–water partition coefficient (Wildman–Crippen LogP) is 2.97. The molecule has 0 bridgehead atoms. The molecule has 0 saturated carbocycles. The first-order chi connectivity index (χ1) is 5.83. The van der Waals surface area contributed by atoms with E-state index in [9.17, 15) is 0 Å². The number of para-hydroxylation sites is 1. The monoisotopic (exact) mass is 186 g/mol. The summed E-state index contributed by atoms with van der Waals surface area (Å²) in [5.41, 5.74) is -0.384. The molecule has 1 atom stereocenters. The van der Waals surface area contributed by atoms with Gasteiger partial charge in [0.2, 0.25) is 0 Å². The fourth-order valence-corrected chi connectivity index (χ4v) is 0.688. The molecular weight excluding hydrogens is 176 g/mol. The van der Waals surface area contributed by atoms with E-state index in [4.69, 9.17) is 21.4 Å². The zero-order valence-corrected chi connectivity index (χ0v) is 7.62. The van der Waals surface area contributed by atoms with Crippen LogP contribution in [0.3, 0.4) is 0 Å². The van der Waals surface area contributed by atoms with Gasteiger partial charge in [-0.05, 0) is 18.6 Å². The van der Waals surface area contributed by atoms with E-state index in [0.717, 1.165) is 0 Å². The molecule has 0 radical (unpaired) electrons. The fourth-order valence-electron chi connectivity index (χ4n) is 0.652. The second-order valence-electron chi connectivity index (χ2n) is 2.31. The Labute approximate surface area is 77.0 Å². The van der Waals surface area contributed by atoms with Crippen molar-refractivity contribution in [2.75, 3.05) is 0 Å². The van der Waals surface area contributed by atoms with Crippen molar-refractivity contribution in [2.24, 2.45) is 0 Å². The third-order valence-electron chi connectivity index (χ3n) is 1.31. The molecule has 0 aromatic heterocycles. The Hall–Kier alpha value is -0.730. The minimum absolute atomic E-state index is 0.384. The Kier molecular flexibility index (Phi) is 3.91. The second-order valence-corrected chi connectivity index (χ2v) is 2.80. The van der Waals surface area contributed by atoms with Gasteiger partial charge >= 0.3 is 0 Å². The summed E-state index contributed by atoms with van der Waals surface area (Å²) in [5.74, 6) is 0.664. The summed E-state index contributed by atoms with van der Waals surface area (Å²) in [6.07, 6.45) is 0.717. The third-order valence-corrected chi connectivity index (χ3v) is 1.69. The van der Waals surface area contributed by atoms with E-state index in [-0.39, 0.29) is 5.56 Å². The highest BCUT2D eigenvalue weighted by atomic mass is 35.5. The van der Waals surface area contributed by atoms with Crippen LogP contribution in [-0.4, -0.2) is 5.56 Å². The molecule has 2 nitrogen and oxygen atoms in total. The van der Waals surface area contributed by atoms with Gasteiger partial charge in [-0.3, -0.25) is 0 Å². The first-order valence-corrected chi connectivity index (χ1v) is 4.29. The number of benzene rings is 1. The van der Waals surface area contributed by atoms with Crippen LogP contribution in [-0.2, 0) is 4.89 Å². The number of rotatable bonds is 4. The molecule has 0 aliphatic heterocycles. The molecule has 1 unspecified atom stereocenters. The van der Waals surface area contributed by atoms with Crippen LogP contribution in [0.25, 0.3) is 0 Å². The van der Waals surface area contributed by atoms with Gasteiger partial charge in [-0.15, -0.1) is 0 Å². The average molecular weight is 187 g/mol. The average Bonchev–Trinajstić information content (AvgIpc) is 2.16. The molecule has 3 heteroatoms. The number of hydrogen-bond acceptors (Lipinski definition) is 2. The number of hydrogen-bond donors (Lipinski definition) is 0. The van der Waals surface area contributed by atoms with Gasteiger partial charge in [0.15, 0.2) is 11.3 Å². The third kappa shape index (κ3) is 3.11. The van der Waals surface area contributed by atoms with E-state index in [0.29, 0.717) is 12.2 Å². The number of halogens is 1. The lowest BCUT2D eigenvalue weighted by Gasteiger charge is -2.07. The molecule has 1 aromatic carbocycles. The Morgan fingerprint density at radius 2 is 2.00 bits per heavy atom. The van der Waals surface area contributed by atoms with Gasteiger partial charge in [0.05, 0.1) is 0 Å². The lowest BCUT2D eigenvalue weighted by molar-refractivity contribution is -0.221. The van der Waals surface area contributed by atoms with Crippen LogP contribution in [0.15, 0.2) is 30.3 Å². The van der Waals surface area contributed by atoms with E-state index in [1.165, 1.54) is 0 Å². The largest absolute Gasteiger partial charge is 0.336 e. The van der Waals surface area contributed by atoms with Gasteiger partial charge in [0, 0.05) is 0 Å². The standard InChI is InChI=1S/C9H11ClO2/c1-2-9(10)12-11-8-6-4-3-5-7-8/h3-7,9H,2H2,1H3. The van der Waals surface area contributed by atoms with Crippen LogP contribution in [0.1, 0.15) is 13.3 Å². The quantitative estimate of drug-likeness (QED) is 0.409. The van der Waals surface area contributed by atoms with Crippen molar-refractivity contribution in [3.8, 4) is 5.75 Å². The SMILES string of the molecule is CCC(Cl)OOc1ccccc1. The lowest BCUT2D eigenvalue weighted by atomic mass is 10.3. The van der Waals surface area contributed by atoms with Crippen LogP contribution >= 0.6 is 11.6 Å². The lowest BCUT2D eigenvalue weighted by Crippen LogP contribution is -2.06. The van der Waals surface area contributed by atoms with Crippen molar-refractivity contribution >= 4 is 11.6 Å². The van der Waals surface area contributed by atoms with Gasteiger partial charge in [0.1, 0.15) is 0 Å². The highest BCUT2D eigenvalue weighted by Crippen LogP contribution is 2.11. The zero-order chi connectivity index (χ0) is 8.81. The van der Waals surface area contributed by atoms with Crippen LogP contribution < -0.4 is 4.89 Å². The summed E-state index contributed by atoms with van der Waals surface area (Å²) in [6.45, 7) is 1.92. The number of alkyl halides is 1. The molecule has 0 N–H and O–H groups in total. The first-order valence-electron chi connectivity index (χ1n) is 3.85. The van der Waals surface area contributed by atoms with Crippen LogP contribution in [0.4, 0.5) is 0 Å². The minimum Gasteiger partial charge on any atom is -0.336 e. The summed E-state index contributed by atoms with van der Waals surface area (Å²) in [7, 11) is 0. The molecular formula is C9H11ClO2. The molecule has 1 rings (SSSR count). The highest BCUT2D eigenvalue weighted by molar-refractivity contribution is 6.19. The van der Waals surface area contributed by atoms with E-state index in [1.807, 2.05) is 25.1 Å². The van der Waals surface area contributed by atoms with Crippen LogP contribution in [0.5, 0.6) is 5.75 Å². The normalized spacial score (nSPS) is 12.5. The Bertz CT molecular complexity index is 213. The highest BCUT2D eigenvalue weighted by Gasteiger charge is 2.01. The van der Waals surface area contributed by atoms with E-state index in [1.54, 1.807) is 12.1 Å². The van der Waals surface area contributed by atoms with Gasteiger partial charge < -0.3 is 4.89 Å². The van der Waals surface area contributed by atoms with Gasteiger partial charge in [-0.2, -0.15) is 4.89 Å². The van der Waals surface area contributed by atoms with E-state index >= 15 is 0 Å². The Morgan fingerprint density at radius 1 is 1.33 bits per heavy atom. The molecule has 0 aliphatic rings. The first kappa shape index (κ1) is 9.36. The summed E-state index contributed by atoms with van der Waals surface area (Å²) in [4.78, 5) is 9.77. The van der Waals surface area contributed by atoms with E-state index < -0.39 is 0 Å². The molecule has 0 spiro atoms. The maximum Gasteiger partial charge on any atom is 0.177 e. The summed E-state index contributed by atoms with van der Waals surface area (Å²) in [6, 6.07) is 9.26. The molecule has 0 saturated heterocycles. The molecule has 0 fully saturated rings. The van der Waals surface area contributed by atoms with Crippen molar-refractivity contribution in [3.63, 3.8) is 0 Å². The smallest absolute Gasteiger partial charge is 0.177 e. The zero-order valence-electron chi connectivity index (χ0n) is 6.87. The van der Waals surface area contributed by atoms with Gasteiger partial charge in [-0.1, -0.05) is 36.7 Å². The molecule has 0 amide bonds. The molecule has 12 heavy (non-hydrogen) atoms. The second kappa shape index (κ2) is 5.01. The molecule has 1 aromatic rings. The predicted molar refractivity (Wildman–Crippen MR) is 48.1 cm³/mol. The summed E-state index contributed by atoms with van der Waals surface area (Å²) in [5, 5.41) is 0. The summed E-state index contributed by atoms with van der Waals surface area (Å²) >= 11 is 5.67. The van der Waals surface area contributed by atoms with Crippen molar-refractivity contribution in [1.29, 1.82) is 0 Å². The van der Waals surface area contributed by atoms with Gasteiger partial charge in [-0.25, -0.2) is 0 Å². The topological polar surface area (TPSA) is 18.5 Å². The Balaban J connectivity index is 2.33. The van der Waals surface area contributed by atoms with Crippen molar-refractivity contribution in [2.45, 2.75) is 18.9 Å². The van der Waals surface area contributed by atoms with E-state index in [2.05, 4.69) is 0 Å². The fraction of sp³-hybridized carbons (Fsp3) is 0.333. The maximum atomic E-state index is 5.67. The molecule has 0 aliphatic carbocycles. The summed E-state index contributed by atoms with van der Waals surface area (Å²) < 4.78 is 0. The van der Waals surface area contributed by atoms with Gasteiger partial charge in [0.25, 0.3) is 0 Å². The van der Waals surface area contributed by atoms with Crippen LogP contribution in [0.2, 0.25) is 0 Å². The molecule has 0 heterocycles. The van der Waals surface area contributed by atoms with Crippen LogP contribution in [0, 0.1) is 0 Å². The molecule has 66 valence electrons. The van der Waals surface area contributed by atoms with Crippen molar-refractivity contribution in [3.05, 3.63) is 30.3 Å².